The predicted molar refractivity (Wildman–Crippen MR) is 130 cm³/mol. The molecular formula is C25H28ClFN4O3. The Morgan fingerprint density at radius 1 is 1.15 bits per heavy atom. The zero-order valence-electron chi connectivity index (χ0n) is 19.6. The van der Waals surface area contributed by atoms with Crippen LogP contribution in [0.3, 0.4) is 0 Å². The maximum Gasteiger partial charge on any atom is 0.254 e. The van der Waals surface area contributed by atoms with Crippen LogP contribution in [0.2, 0.25) is 5.02 Å². The molecule has 0 saturated heterocycles. The molecule has 9 heteroatoms. The summed E-state index contributed by atoms with van der Waals surface area (Å²) >= 11 is 6.39. The van der Waals surface area contributed by atoms with Gasteiger partial charge in [-0.25, -0.2) is 9.07 Å². The molecule has 3 aromatic rings. The maximum atomic E-state index is 13.3. The molecule has 3 rings (SSSR count). The Bertz CT molecular complexity index is 1160. The maximum absolute atomic E-state index is 13.3. The average molecular weight is 487 g/mol. The number of rotatable bonds is 8. The van der Waals surface area contributed by atoms with Crippen molar-refractivity contribution in [1.29, 1.82) is 0 Å². The number of aromatic nitrogens is 2. The van der Waals surface area contributed by atoms with E-state index in [0.29, 0.717) is 16.5 Å². The first kappa shape index (κ1) is 25.4. The summed E-state index contributed by atoms with van der Waals surface area (Å²) in [5, 5.41) is 8.01. The van der Waals surface area contributed by atoms with E-state index in [4.69, 9.17) is 16.3 Å². The fourth-order valence-electron chi connectivity index (χ4n) is 3.23. The minimum absolute atomic E-state index is 0.192. The Balaban J connectivity index is 1.86. The molecule has 2 amide bonds. The topological polar surface area (TPSA) is 76.5 Å². The molecular weight excluding hydrogens is 459 g/mol. The standard InChI is InChI=1S/C25H28ClFN4O3/c1-25(2,3)21-15-22(31(29-21)20-8-6-5-7-19(20)26)28-23(32)16-30(13-14-34-4)24(33)17-9-11-18(27)12-10-17/h5-12,15H,13-14,16H2,1-4H3,(H,28,32). The molecule has 0 aliphatic heterocycles. The van der Waals surface area contributed by atoms with Crippen LogP contribution in [0, 0.1) is 5.82 Å². The first-order valence-corrected chi connectivity index (χ1v) is 11.2. The summed E-state index contributed by atoms with van der Waals surface area (Å²) in [6.45, 7) is 6.27. The molecule has 0 spiro atoms. The highest BCUT2D eigenvalue weighted by molar-refractivity contribution is 6.32. The normalized spacial score (nSPS) is 11.4. The minimum atomic E-state index is -0.444. The number of methoxy groups -OCH3 is 1. The van der Waals surface area contributed by atoms with Gasteiger partial charge in [-0.2, -0.15) is 5.10 Å². The molecule has 1 heterocycles. The fraction of sp³-hybridized carbons (Fsp3) is 0.320. The highest BCUT2D eigenvalue weighted by atomic mass is 35.5. The smallest absolute Gasteiger partial charge is 0.254 e. The largest absolute Gasteiger partial charge is 0.383 e. The summed E-state index contributed by atoms with van der Waals surface area (Å²) in [5.74, 6) is -0.827. The number of nitrogens with zero attached hydrogens (tertiary/aromatic N) is 3. The quantitative estimate of drug-likeness (QED) is 0.501. The van der Waals surface area contributed by atoms with Gasteiger partial charge < -0.3 is 15.0 Å². The van der Waals surface area contributed by atoms with Crippen molar-refractivity contribution >= 4 is 29.2 Å². The fourth-order valence-corrected chi connectivity index (χ4v) is 3.44. The van der Waals surface area contributed by atoms with Gasteiger partial charge in [-0.05, 0) is 36.4 Å². The Kier molecular flexibility index (Phi) is 8.06. The molecule has 0 aliphatic rings. The van der Waals surface area contributed by atoms with Gasteiger partial charge in [0.15, 0.2) is 0 Å². The predicted octanol–water partition coefficient (Wildman–Crippen LogP) is 4.69. The van der Waals surface area contributed by atoms with Crippen LogP contribution in [0.1, 0.15) is 36.8 Å². The van der Waals surface area contributed by atoms with Crippen LogP contribution in [0.4, 0.5) is 10.2 Å². The number of carbonyl (C=O) groups excluding carboxylic acids is 2. The SMILES string of the molecule is COCCN(CC(=O)Nc1cc(C(C)(C)C)nn1-c1ccccc1Cl)C(=O)c1ccc(F)cc1. The van der Waals surface area contributed by atoms with Crippen molar-refractivity contribution in [2.75, 3.05) is 32.1 Å². The van der Waals surface area contributed by atoms with Crippen LogP contribution in [0.25, 0.3) is 5.69 Å². The monoisotopic (exact) mass is 486 g/mol. The van der Waals surface area contributed by atoms with Gasteiger partial charge >= 0.3 is 0 Å². The van der Waals surface area contributed by atoms with E-state index in [2.05, 4.69) is 10.4 Å². The van der Waals surface area contributed by atoms with Crippen molar-refractivity contribution in [3.63, 3.8) is 0 Å². The third kappa shape index (κ3) is 6.21. The van der Waals surface area contributed by atoms with Gasteiger partial charge in [0, 0.05) is 30.7 Å². The van der Waals surface area contributed by atoms with E-state index in [1.165, 1.54) is 36.3 Å². The summed E-state index contributed by atoms with van der Waals surface area (Å²) in [6.07, 6.45) is 0. The number of carbonyl (C=O) groups is 2. The highest BCUT2D eigenvalue weighted by Crippen LogP contribution is 2.29. The third-order valence-electron chi connectivity index (χ3n) is 5.10. The van der Waals surface area contributed by atoms with E-state index in [9.17, 15) is 14.0 Å². The second kappa shape index (κ2) is 10.8. The summed E-state index contributed by atoms with van der Waals surface area (Å²) in [7, 11) is 1.51. The van der Waals surface area contributed by atoms with Crippen molar-refractivity contribution in [1.82, 2.24) is 14.7 Å². The van der Waals surface area contributed by atoms with Crippen LogP contribution in [-0.4, -0.2) is 53.3 Å². The number of hydrogen-bond donors (Lipinski definition) is 1. The van der Waals surface area contributed by atoms with Crippen LogP contribution in [0.5, 0.6) is 0 Å². The summed E-state index contributed by atoms with van der Waals surface area (Å²) in [4.78, 5) is 27.3. The zero-order chi connectivity index (χ0) is 24.9. The molecule has 0 atom stereocenters. The van der Waals surface area contributed by atoms with Crippen molar-refractivity contribution in [2.24, 2.45) is 0 Å². The number of nitrogens with one attached hydrogen (secondary N) is 1. The number of ether oxygens (including phenoxy) is 1. The van der Waals surface area contributed by atoms with Gasteiger partial charge in [-0.1, -0.05) is 44.5 Å². The lowest BCUT2D eigenvalue weighted by atomic mass is 9.92. The summed E-state index contributed by atoms with van der Waals surface area (Å²) in [6, 6.07) is 14.2. The lowest BCUT2D eigenvalue weighted by Gasteiger charge is -2.22. The molecule has 0 aliphatic carbocycles. The first-order valence-electron chi connectivity index (χ1n) is 10.8. The molecule has 0 bridgehead atoms. The minimum Gasteiger partial charge on any atom is -0.383 e. The first-order chi connectivity index (χ1) is 16.1. The number of benzene rings is 2. The Morgan fingerprint density at radius 2 is 1.82 bits per heavy atom. The number of hydrogen-bond acceptors (Lipinski definition) is 4. The summed E-state index contributed by atoms with van der Waals surface area (Å²) in [5.41, 5.74) is 1.39. The van der Waals surface area contributed by atoms with E-state index >= 15 is 0 Å². The van der Waals surface area contributed by atoms with E-state index in [-0.39, 0.29) is 30.7 Å². The summed E-state index contributed by atoms with van der Waals surface area (Å²) < 4.78 is 20.0. The lowest BCUT2D eigenvalue weighted by Crippen LogP contribution is -2.40. The second-order valence-corrected chi connectivity index (χ2v) is 9.21. The van der Waals surface area contributed by atoms with E-state index in [0.717, 1.165) is 5.69 Å². The molecule has 0 radical (unpaired) electrons. The van der Waals surface area contributed by atoms with Crippen LogP contribution >= 0.6 is 11.6 Å². The van der Waals surface area contributed by atoms with Crippen molar-refractivity contribution in [2.45, 2.75) is 26.2 Å². The Hall–Kier alpha value is -3.23. The van der Waals surface area contributed by atoms with Gasteiger partial charge in [0.2, 0.25) is 5.91 Å². The molecule has 7 nitrogen and oxygen atoms in total. The molecule has 0 fully saturated rings. The van der Waals surface area contributed by atoms with Gasteiger partial charge in [-0.3, -0.25) is 9.59 Å². The van der Waals surface area contributed by atoms with Crippen LogP contribution in [0.15, 0.2) is 54.6 Å². The Labute approximate surface area is 203 Å². The molecule has 2 aromatic carbocycles. The van der Waals surface area contributed by atoms with Gasteiger partial charge in [-0.15, -0.1) is 0 Å². The molecule has 1 aromatic heterocycles. The molecule has 0 unspecified atom stereocenters. The van der Waals surface area contributed by atoms with E-state index in [1.54, 1.807) is 22.9 Å². The average Bonchev–Trinajstić information content (AvgIpc) is 3.21. The molecule has 1 N–H and O–H groups in total. The number of halogens is 2. The van der Waals surface area contributed by atoms with Gasteiger partial charge in [0.25, 0.3) is 5.91 Å². The third-order valence-corrected chi connectivity index (χ3v) is 5.42. The van der Waals surface area contributed by atoms with Crippen LogP contribution in [-0.2, 0) is 14.9 Å². The molecule has 34 heavy (non-hydrogen) atoms. The van der Waals surface area contributed by atoms with Crippen molar-refractivity contribution in [3.8, 4) is 5.69 Å². The number of para-hydroxylation sites is 1. The Morgan fingerprint density at radius 3 is 2.44 bits per heavy atom. The molecule has 0 saturated carbocycles. The highest BCUT2D eigenvalue weighted by Gasteiger charge is 2.24. The lowest BCUT2D eigenvalue weighted by molar-refractivity contribution is -0.117. The van der Waals surface area contributed by atoms with Gasteiger partial charge in [0.05, 0.1) is 23.0 Å². The van der Waals surface area contributed by atoms with Crippen molar-refractivity contribution < 1.29 is 18.7 Å². The van der Waals surface area contributed by atoms with Gasteiger partial charge in [0.1, 0.15) is 18.2 Å². The zero-order valence-corrected chi connectivity index (χ0v) is 20.4. The number of anilines is 1. The van der Waals surface area contributed by atoms with Crippen LogP contribution < -0.4 is 5.32 Å². The molecule has 180 valence electrons. The second-order valence-electron chi connectivity index (χ2n) is 8.80. The van der Waals surface area contributed by atoms with E-state index in [1.807, 2.05) is 32.9 Å². The van der Waals surface area contributed by atoms with Crippen molar-refractivity contribution in [3.05, 3.63) is 76.7 Å². The van der Waals surface area contributed by atoms with E-state index < -0.39 is 17.6 Å². The number of amides is 2.